The number of benzene rings is 1. The quantitative estimate of drug-likeness (QED) is 0.201. The van der Waals surface area contributed by atoms with Gasteiger partial charge >= 0.3 is 5.76 Å². The van der Waals surface area contributed by atoms with Crippen LogP contribution in [-0.2, 0) is 0 Å². The summed E-state index contributed by atoms with van der Waals surface area (Å²) in [6, 6.07) is 4.06. The van der Waals surface area contributed by atoms with Crippen molar-refractivity contribution in [2.75, 3.05) is 25.0 Å². The number of nitrogens with zero attached hydrogens (tertiary/aromatic N) is 5. The predicted octanol–water partition coefficient (Wildman–Crippen LogP) is 2.67. The van der Waals surface area contributed by atoms with Gasteiger partial charge in [0.15, 0.2) is 11.7 Å². The first kappa shape index (κ1) is 23.4. The van der Waals surface area contributed by atoms with Gasteiger partial charge in [-0.15, -0.1) is 0 Å². The zero-order valence-corrected chi connectivity index (χ0v) is 19.1. The monoisotopic (exact) mass is 510 g/mol. The highest BCUT2D eigenvalue weighted by atomic mass is 79.9. The summed E-state index contributed by atoms with van der Waals surface area (Å²) in [5.74, 6) is -0.464. The number of halogens is 2. The Morgan fingerprint density at radius 1 is 1.25 bits per heavy atom. The second-order valence-electron chi connectivity index (χ2n) is 6.85. The van der Waals surface area contributed by atoms with Crippen molar-refractivity contribution in [1.82, 2.24) is 25.4 Å². The summed E-state index contributed by atoms with van der Waals surface area (Å²) < 4.78 is 24.5. The highest BCUT2D eigenvalue weighted by molar-refractivity contribution is 9.10. The molecule has 0 aliphatic rings. The van der Waals surface area contributed by atoms with Gasteiger partial charge in [0.1, 0.15) is 5.82 Å². The first-order valence-corrected chi connectivity index (χ1v) is 10.9. The third-order valence-electron chi connectivity index (χ3n) is 4.46. The van der Waals surface area contributed by atoms with Crippen molar-refractivity contribution in [3.8, 4) is 17.2 Å². The standard InChI is InChI=1S/C19H24BrFN8O3/c1-2-3-4-8-24-18(22)25-10-5-9-23-16-15(26-32-27-16)17-28-31-19(30)29(17)12-6-7-14(21)13(20)11-12/h6-7,11H,2-5,8-10H2,1H3,(H,23,27)(H3,22,24,25). The maximum absolute atomic E-state index is 13.6. The third kappa shape index (κ3) is 5.93. The van der Waals surface area contributed by atoms with Gasteiger partial charge in [0.05, 0.1) is 10.2 Å². The Labute approximate surface area is 191 Å². The summed E-state index contributed by atoms with van der Waals surface area (Å²) in [6.45, 7) is 3.96. The molecule has 0 saturated carbocycles. The average Bonchev–Trinajstić information content (AvgIpc) is 3.39. The fourth-order valence-electron chi connectivity index (χ4n) is 2.84. The lowest BCUT2D eigenvalue weighted by molar-refractivity contribution is 0.309. The Bertz CT molecular complexity index is 1110. The summed E-state index contributed by atoms with van der Waals surface area (Å²) in [4.78, 5) is 16.5. The number of unbranched alkanes of at least 4 members (excludes halogenated alkanes) is 2. The van der Waals surface area contributed by atoms with Crippen molar-refractivity contribution >= 4 is 27.7 Å². The first-order valence-electron chi connectivity index (χ1n) is 10.2. The Kier molecular flexibility index (Phi) is 8.36. The predicted molar refractivity (Wildman–Crippen MR) is 120 cm³/mol. The fraction of sp³-hybridized carbons (Fsp3) is 0.421. The third-order valence-corrected chi connectivity index (χ3v) is 5.07. The topological polar surface area (TPSA) is 149 Å². The molecule has 4 N–H and O–H groups in total. The molecule has 0 spiro atoms. The number of aliphatic imine (C=N–C) groups is 1. The molecule has 32 heavy (non-hydrogen) atoms. The highest BCUT2D eigenvalue weighted by Crippen LogP contribution is 2.26. The number of hydrogen-bond donors (Lipinski definition) is 3. The van der Waals surface area contributed by atoms with E-state index in [2.05, 4.69) is 53.9 Å². The van der Waals surface area contributed by atoms with Crippen LogP contribution in [0.5, 0.6) is 0 Å². The van der Waals surface area contributed by atoms with Gasteiger partial charge in [-0.1, -0.05) is 24.9 Å². The van der Waals surface area contributed by atoms with Gasteiger partial charge < -0.3 is 16.4 Å². The van der Waals surface area contributed by atoms with E-state index in [1.807, 2.05) is 0 Å². The van der Waals surface area contributed by atoms with E-state index >= 15 is 0 Å². The smallest absolute Gasteiger partial charge is 0.370 e. The van der Waals surface area contributed by atoms with Crippen LogP contribution in [0.1, 0.15) is 32.6 Å². The normalized spacial score (nSPS) is 11.7. The molecule has 2 aromatic heterocycles. The number of aromatic nitrogens is 4. The molecular formula is C19H24BrFN8O3. The Balaban J connectivity index is 1.62. The van der Waals surface area contributed by atoms with Crippen molar-refractivity contribution < 1.29 is 13.5 Å². The molecule has 0 atom stereocenters. The second-order valence-corrected chi connectivity index (χ2v) is 7.70. The lowest BCUT2D eigenvalue weighted by atomic mass is 10.2. The van der Waals surface area contributed by atoms with Crippen LogP contribution in [0.2, 0.25) is 0 Å². The Morgan fingerprint density at radius 3 is 2.88 bits per heavy atom. The molecule has 0 bridgehead atoms. The average molecular weight is 511 g/mol. The van der Waals surface area contributed by atoms with Gasteiger partial charge in [0.25, 0.3) is 0 Å². The molecule has 0 aliphatic carbocycles. The van der Waals surface area contributed by atoms with Crippen LogP contribution in [-0.4, -0.2) is 45.6 Å². The van der Waals surface area contributed by atoms with Gasteiger partial charge in [-0.25, -0.2) is 18.4 Å². The maximum Gasteiger partial charge on any atom is 0.446 e. The summed E-state index contributed by atoms with van der Waals surface area (Å²) >= 11 is 3.10. The lowest BCUT2D eigenvalue weighted by Gasteiger charge is -2.06. The molecule has 0 fully saturated rings. The molecule has 2 heterocycles. The van der Waals surface area contributed by atoms with Crippen LogP contribution in [0.4, 0.5) is 10.2 Å². The van der Waals surface area contributed by atoms with E-state index in [1.165, 1.54) is 18.2 Å². The van der Waals surface area contributed by atoms with Crippen LogP contribution in [0.3, 0.4) is 0 Å². The Hall–Kier alpha value is -3.22. The van der Waals surface area contributed by atoms with Crippen molar-refractivity contribution in [2.24, 2.45) is 10.7 Å². The molecule has 11 nitrogen and oxygen atoms in total. The summed E-state index contributed by atoms with van der Waals surface area (Å²) in [7, 11) is 0. The number of rotatable bonds is 11. The van der Waals surface area contributed by atoms with E-state index < -0.39 is 11.6 Å². The van der Waals surface area contributed by atoms with Crippen LogP contribution in [0.25, 0.3) is 17.2 Å². The highest BCUT2D eigenvalue weighted by Gasteiger charge is 2.23. The zero-order valence-electron chi connectivity index (χ0n) is 17.5. The second kappa shape index (κ2) is 11.4. The molecule has 0 radical (unpaired) electrons. The summed E-state index contributed by atoms with van der Waals surface area (Å²) in [5, 5.41) is 17.6. The van der Waals surface area contributed by atoms with E-state index in [-0.39, 0.29) is 21.8 Å². The number of nitrogens with one attached hydrogen (secondary N) is 2. The Morgan fingerprint density at radius 2 is 2.09 bits per heavy atom. The summed E-state index contributed by atoms with van der Waals surface area (Å²) in [5.41, 5.74) is 6.35. The molecule has 3 aromatic rings. The molecule has 0 amide bonds. The van der Waals surface area contributed by atoms with Crippen LogP contribution < -0.4 is 22.1 Å². The van der Waals surface area contributed by atoms with E-state index in [0.29, 0.717) is 31.2 Å². The van der Waals surface area contributed by atoms with Crippen molar-refractivity contribution in [1.29, 1.82) is 0 Å². The molecule has 0 aliphatic heterocycles. The lowest BCUT2D eigenvalue weighted by Crippen LogP contribution is -2.32. The first-order chi connectivity index (χ1) is 15.5. The number of guanidine groups is 1. The molecule has 1 aromatic carbocycles. The van der Waals surface area contributed by atoms with Crippen molar-refractivity contribution in [3.63, 3.8) is 0 Å². The summed E-state index contributed by atoms with van der Waals surface area (Å²) in [6.07, 6.45) is 4.02. The number of anilines is 1. The van der Waals surface area contributed by atoms with Crippen molar-refractivity contribution in [3.05, 3.63) is 39.0 Å². The van der Waals surface area contributed by atoms with Crippen molar-refractivity contribution in [2.45, 2.75) is 32.6 Å². The largest absolute Gasteiger partial charge is 0.446 e. The van der Waals surface area contributed by atoms with E-state index in [1.54, 1.807) is 0 Å². The van der Waals surface area contributed by atoms with Gasteiger partial charge in [0, 0.05) is 19.6 Å². The minimum atomic E-state index is -0.760. The van der Waals surface area contributed by atoms with E-state index in [0.717, 1.165) is 30.4 Å². The minimum Gasteiger partial charge on any atom is -0.370 e. The van der Waals surface area contributed by atoms with E-state index in [9.17, 15) is 9.18 Å². The van der Waals surface area contributed by atoms with Crippen LogP contribution in [0.15, 0.2) is 41.6 Å². The molecule has 13 heteroatoms. The molecule has 172 valence electrons. The van der Waals surface area contributed by atoms with Crippen LogP contribution >= 0.6 is 15.9 Å². The molecule has 3 rings (SSSR count). The molecular weight excluding hydrogens is 487 g/mol. The number of nitrogens with two attached hydrogens (primary N) is 1. The van der Waals surface area contributed by atoms with Gasteiger partial charge in [0.2, 0.25) is 11.6 Å². The van der Waals surface area contributed by atoms with Crippen LogP contribution in [0, 0.1) is 5.82 Å². The molecule has 0 unspecified atom stereocenters. The minimum absolute atomic E-state index is 0.0656. The van der Waals surface area contributed by atoms with Gasteiger partial charge in [-0.2, -0.15) is 0 Å². The fourth-order valence-corrected chi connectivity index (χ4v) is 3.20. The van der Waals surface area contributed by atoms with Gasteiger partial charge in [-0.3, -0.25) is 9.52 Å². The van der Waals surface area contributed by atoms with E-state index in [4.69, 9.17) is 14.9 Å². The zero-order chi connectivity index (χ0) is 22.9. The maximum atomic E-state index is 13.6. The SMILES string of the molecule is CCCCCNC(N)=NCCCNc1nonc1-c1noc(=O)n1-c1ccc(F)c(Br)c1. The van der Waals surface area contributed by atoms with Gasteiger partial charge in [-0.05, 0) is 57.3 Å². The molecule has 0 saturated heterocycles. The number of hydrogen-bond acceptors (Lipinski definition) is 8.